The summed E-state index contributed by atoms with van der Waals surface area (Å²) in [6.45, 7) is 1.79. The van der Waals surface area contributed by atoms with Gasteiger partial charge < -0.3 is 15.1 Å². The van der Waals surface area contributed by atoms with Gasteiger partial charge in [0.25, 0.3) is 0 Å². The quantitative estimate of drug-likeness (QED) is 0.784. The third-order valence-electron chi connectivity index (χ3n) is 6.11. The van der Waals surface area contributed by atoms with E-state index in [0.717, 1.165) is 24.9 Å². The number of piperazine rings is 1. The summed E-state index contributed by atoms with van der Waals surface area (Å²) in [5, 5.41) is 0. The number of aromatic amines is 1. The van der Waals surface area contributed by atoms with E-state index in [1.54, 1.807) is 23.5 Å². The summed E-state index contributed by atoms with van der Waals surface area (Å²) < 4.78 is 5.06. The molecule has 155 valence electrons. The van der Waals surface area contributed by atoms with E-state index in [9.17, 15) is 14.4 Å². The number of oxazole rings is 1. The maximum absolute atomic E-state index is 12.8. The van der Waals surface area contributed by atoms with E-state index in [1.165, 1.54) is 19.3 Å². The van der Waals surface area contributed by atoms with E-state index < -0.39 is 17.7 Å². The van der Waals surface area contributed by atoms with Crippen molar-refractivity contribution in [1.29, 1.82) is 0 Å². The molecule has 2 fully saturated rings. The number of nitrogens with one attached hydrogen (secondary N) is 1. The lowest BCUT2D eigenvalue weighted by atomic mass is 9.93. The first-order valence-corrected chi connectivity index (χ1v) is 10.3. The Morgan fingerprint density at radius 1 is 1.21 bits per heavy atom. The Kier molecular flexibility index (Phi) is 5.71. The van der Waals surface area contributed by atoms with Gasteiger partial charge in [-0.05, 0) is 37.0 Å². The Bertz CT molecular complexity index is 944. The van der Waals surface area contributed by atoms with Crippen LogP contribution >= 0.6 is 0 Å². The molecule has 1 atom stereocenters. The fraction of sp³-hybridized carbons (Fsp3) is 0.524. The van der Waals surface area contributed by atoms with Crippen LogP contribution in [0.1, 0.15) is 37.7 Å². The molecule has 3 N–H and O–H groups in total. The number of primary amides is 1. The molecule has 4 rings (SSSR count). The molecule has 8 nitrogen and oxygen atoms in total. The summed E-state index contributed by atoms with van der Waals surface area (Å²) in [5.74, 6) is -1.15. The number of carbonyl (C=O) groups excluding carboxylic acids is 2. The fourth-order valence-electron chi connectivity index (χ4n) is 4.53. The van der Waals surface area contributed by atoms with Gasteiger partial charge in [-0.25, -0.2) is 4.79 Å². The summed E-state index contributed by atoms with van der Waals surface area (Å²) in [7, 11) is 0. The Balaban J connectivity index is 1.38. The molecule has 1 unspecified atom stereocenters. The zero-order chi connectivity index (χ0) is 20.4. The van der Waals surface area contributed by atoms with Gasteiger partial charge >= 0.3 is 5.76 Å². The molecule has 8 heteroatoms. The highest BCUT2D eigenvalue weighted by atomic mass is 16.4. The van der Waals surface area contributed by atoms with Gasteiger partial charge in [0.05, 0.1) is 11.9 Å². The zero-order valence-corrected chi connectivity index (χ0v) is 16.4. The smallest absolute Gasteiger partial charge is 0.408 e. The minimum absolute atomic E-state index is 0.187. The van der Waals surface area contributed by atoms with E-state index >= 15 is 0 Å². The molecule has 2 aromatic rings. The predicted octanol–water partition coefficient (Wildman–Crippen LogP) is 1.20. The van der Waals surface area contributed by atoms with Gasteiger partial charge in [0.15, 0.2) is 5.58 Å². The average Bonchev–Trinajstić information content (AvgIpc) is 3.11. The molecule has 0 bridgehead atoms. The van der Waals surface area contributed by atoms with Crippen LogP contribution in [0, 0.1) is 6.42 Å². The maximum Gasteiger partial charge on any atom is 0.417 e. The molecule has 2 aliphatic rings. The number of hydrogen-bond donors (Lipinski definition) is 2. The van der Waals surface area contributed by atoms with Gasteiger partial charge in [-0.1, -0.05) is 25.3 Å². The molecule has 2 amide bonds. The minimum Gasteiger partial charge on any atom is -0.408 e. The minimum atomic E-state index is -0.598. The topological polar surface area (TPSA) is 113 Å². The molecule has 2 heterocycles. The van der Waals surface area contributed by atoms with Crippen LogP contribution in [0.25, 0.3) is 11.1 Å². The second-order valence-corrected chi connectivity index (χ2v) is 7.99. The SMILES string of the molecule is NC(=O)C1CN(C2CCCCC2)CCN1C(=O)[CH]Cc1ccc2[nH]c(=O)oc2c1. The molecule has 1 saturated heterocycles. The highest BCUT2D eigenvalue weighted by Crippen LogP contribution is 2.25. The molecule has 29 heavy (non-hydrogen) atoms. The molecule has 1 aromatic heterocycles. The highest BCUT2D eigenvalue weighted by Gasteiger charge is 2.36. The Labute approximate surface area is 169 Å². The first-order chi connectivity index (χ1) is 14.0. The Hall–Kier alpha value is -2.61. The number of benzene rings is 1. The maximum atomic E-state index is 12.8. The van der Waals surface area contributed by atoms with Gasteiger partial charge in [-0.15, -0.1) is 0 Å². The van der Waals surface area contributed by atoms with Gasteiger partial charge in [0.1, 0.15) is 6.04 Å². The lowest BCUT2D eigenvalue weighted by Crippen LogP contribution is -2.61. The van der Waals surface area contributed by atoms with E-state index in [2.05, 4.69) is 9.88 Å². The number of nitrogens with zero attached hydrogens (tertiary/aromatic N) is 2. The van der Waals surface area contributed by atoms with Crippen LogP contribution in [-0.2, 0) is 16.0 Å². The van der Waals surface area contributed by atoms with Gasteiger partial charge in [-0.2, -0.15) is 0 Å². The number of H-pyrrole nitrogens is 1. The van der Waals surface area contributed by atoms with Gasteiger partial charge in [0, 0.05) is 25.7 Å². The van der Waals surface area contributed by atoms with Crippen molar-refractivity contribution in [3.63, 3.8) is 0 Å². The first kappa shape index (κ1) is 19.7. The van der Waals surface area contributed by atoms with Crippen LogP contribution in [0.15, 0.2) is 27.4 Å². The Morgan fingerprint density at radius 3 is 2.76 bits per heavy atom. The first-order valence-electron chi connectivity index (χ1n) is 10.3. The fourth-order valence-corrected chi connectivity index (χ4v) is 4.53. The average molecular weight is 399 g/mol. The zero-order valence-electron chi connectivity index (χ0n) is 16.4. The van der Waals surface area contributed by atoms with Crippen LogP contribution in [0.5, 0.6) is 0 Å². The largest absolute Gasteiger partial charge is 0.417 e. The van der Waals surface area contributed by atoms with Crippen molar-refractivity contribution in [2.24, 2.45) is 5.73 Å². The van der Waals surface area contributed by atoms with E-state index in [1.807, 2.05) is 6.07 Å². The Morgan fingerprint density at radius 2 is 2.00 bits per heavy atom. The molecule has 1 saturated carbocycles. The van der Waals surface area contributed by atoms with Crippen molar-refractivity contribution < 1.29 is 14.0 Å². The highest BCUT2D eigenvalue weighted by molar-refractivity contribution is 5.91. The van der Waals surface area contributed by atoms with E-state index in [0.29, 0.717) is 36.7 Å². The van der Waals surface area contributed by atoms with Crippen LogP contribution in [0.4, 0.5) is 0 Å². The predicted molar refractivity (Wildman–Crippen MR) is 108 cm³/mol. The second kappa shape index (κ2) is 8.41. The van der Waals surface area contributed by atoms with Crippen molar-refractivity contribution >= 4 is 22.9 Å². The number of fused-ring (bicyclic) bond motifs is 1. The lowest BCUT2D eigenvalue weighted by Gasteiger charge is -2.44. The van der Waals surface area contributed by atoms with Crippen molar-refractivity contribution in [1.82, 2.24) is 14.8 Å². The lowest BCUT2D eigenvalue weighted by molar-refractivity contribution is -0.141. The molecular weight excluding hydrogens is 372 g/mol. The summed E-state index contributed by atoms with van der Waals surface area (Å²) >= 11 is 0. The third kappa shape index (κ3) is 4.37. The number of rotatable bonds is 5. The van der Waals surface area contributed by atoms with Crippen LogP contribution < -0.4 is 11.5 Å². The molecule has 1 aliphatic heterocycles. The van der Waals surface area contributed by atoms with Gasteiger partial charge in [0.2, 0.25) is 11.8 Å². The van der Waals surface area contributed by atoms with Crippen molar-refractivity contribution in [2.45, 2.75) is 50.6 Å². The van der Waals surface area contributed by atoms with Crippen LogP contribution in [-0.4, -0.2) is 58.3 Å². The van der Waals surface area contributed by atoms with Crippen molar-refractivity contribution in [3.05, 3.63) is 40.7 Å². The standard InChI is InChI=1S/C21H27N4O4/c22-20(27)17-13-24(15-4-2-1-3-5-15)10-11-25(17)19(26)9-7-14-6-8-16-18(12-14)29-21(28)23-16/h6,8-9,12,15,17H,1-5,7,10-11,13H2,(H2,22,27)(H,23,28). The van der Waals surface area contributed by atoms with E-state index in [-0.39, 0.29) is 5.91 Å². The summed E-state index contributed by atoms with van der Waals surface area (Å²) in [5.41, 5.74) is 7.58. The number of carbonyl (C=O) groups is 2. The van der Waals surface area contributed by atoms with E-state index in [4.69, 9.17) is 10.2 Å². The number of amides is 2. The number of hydrogen-bond acceptors (Lipinski definition) is 5. The molecule has 1 radical (unpaired) electrons. The monoisotopic (exact) mass is 399 g/mol. The van der Waals surface area contributed by atoms with Crippen molar-refractivity contribution in [2.75, 3.05) is 19.6 Å². The second-order valence-electron chi connectivity index (χ2n) is 7.99. The molecular formula is C21H27N4O4. The van der Waals surface area contributed by atoms with Crippen LogP contribution in [0.3, 0.4) is 0 Å². The van der Waals surface area contributed by atoms with Crippen molar-refractivity contribution in [3.8, 4) is 0 Å². The normalized spacial score (nSPS) is 21.5. The number of nitrogens with two attached hydrogens (primary N) is 1. The molecule has 0 spiro atoms. The third-order valence-corrected chi connectivity index (χ3v) is 6.11. The summed E-state index contributed by atoms with van der Waals surface area (Å²) in [6, 6.07) is 5.23. The number of aromatic nitrogens is 1. The van der Waals surface area contributed by atoms with Gasteiger partial charge in [-0.3, -0.25) is 19.5 Å². The molecule has 1 aromatic carbocycles. The summed E-state index contributed by atoms with van der Waals surface area (Å²) in [4.78, 5) is 42.7. The van der Waals surface area contributed by atoms with Crippen LogP contribution in [0.2, 0.25) is 0 Å². The molecule has 1 aliphatic carbocycles. The summed E-state index contributed by atoms with van der Waals surface area (Å²) in [6.07, 6.45) is 8.00.